The van der Waals surface area contributed by atoms with Crippen LogP contribution in [0.15, 0.2) is 30.4 Å². The number of hydrogen-bond donors (Lipinski definition) is 2. The van der Waals surface area contributed by atoms with E-state index in [9.17, 15) is 4.79 Å². The minimum Gasteiger partial charge on any atom is -0.454 e. The van der Waals surface area contributed by atoms with Crippen LogP contribution in [0.25, 0.3) is 0 Å². The summed E-state index contributed by atoms with van der Waals surface area (Å²) < 4.78 is 11.0. The van der Waals surface area contributed by atoms with Crippen LogP contribution >= 0.6 is 0 Å². The number of allylic oxidation sites excluding steroid dienone is 2. The molecule has 1 amide bonds. The van der Waals surface area contributed by atoms with E-state index >= 15 is 0 Å². The molecule has 6 atom stereocenters. The molecule has 5 aliphatic rings. The fraction of sp³-hybridized carbons (Fsp3) is 0.571. The number of hydrogen-bond acceptors (Lipinski definition) is 5. The summed E-state index contributed by atoms with van der Waals surface area (Å²) in [5.74, 6) is 3.70. The lowest BCUT2D eigenvalue weighted by molar-refractivity contribution is -0.138. The van der Waals surface area contributed by atoms with Gasteiger partial charge in [0, 0.05) is 31.0 Å². The normalized spacial score (nSPS) is 38.4. The number of piperidine rings is 1. The Balaban J connectivity index is 1.21. The number of carbonyl (C=O) groups is 1. The van der Waals surface area contributed by atoms with Gasteiger partial charge >= 0.3 is 0 Å². The topological polar surface area (TPSA) is 62.8 Å². The van der Waals surface area contributed by atoms with Crippen molar-refractivity contribution >= 4 is 5.91 Å². The Bertz CT molecular complexity index is 810. The SMILES string of the molecule is O=C([C@@H]1C[C@H]2C=C[C@@H]1C2)N1CCC2NNC(c3ccc4c(c3)OCO4)C2C1. The van der Waals surface area contributed by atoms with Gasteiger partial charge in [-0.25, -0.2) is 5.43 Å². The maximum Gasteiger partial charge on any atom is 0.231 e. The van der Waals surface area contributed by atoms with Crippen molar-refractivity contribution in [2.45, 2.75) is 31.3 Å². The van der Waals surface area contributed by atoms with E-state index in [2.05, 4.69) is 40.0 Å². The van der Waals surface area contributed by atoms with E-state index < -0.39 is 0 Å². The number of benzene rings is 1. The smallest absolute Gasteiger partial charge is 0.231 e. The number of carbonyl (C=O) groups excluding carboxylic acids is 1. The second-order valence-corrected chi connectivity index (χ2v) is 8.61. The van der Waals surface area contributed by atoms with Crippen molar-refractivity contribution < 1.29 is 14.3 Å². The Kier molecular flexibility index (Phi) is 3.53. The third kappa shape index (κ3) is 2.50. The number of nitrogens with zero attached hydrogens (tertiary/aromatic N) is 1. The summed E-state index contributed by atoms with van der Waals surface area (Å²) in [5.41, 5.74) is 8.12. The summed E-state index contributed by atoms with van der Waals surface area (Å²) in [6.07, 6.45) is 7.81. The number of amides is 1. The molecule has 1 saturated carbocycles. The predicted molar refractivity (Wildman–Crippen MR) is 98.9 cm³/mol. The molecule has 2 N–H and O–H groups in total. The first-order valence-corrected chi connectivity index (χ1v) is 10.1. The molecule has 3 unspecified atom stereocenters. The first kappa shape index (κ1) is 16.0. The van der Waals surface area contributed by atoms with E-state index in [0.717, 1.165) is 37.4 Å². The molecule has 0 spiro atoms. The van der Waals surface area contributed by atoms with E-state index in [4.69, 9.17) is 9.47 Å². The first-order valence-electron chi connectivity index (χ1n) is 10.1. The summed E-state index contributed by atoms with van der Waals surface area (Å²) in [4.78, 5) is 15.3. The van der Waals surface area contributed by atoms with E-state index in [0.29, 0.717) is 36.5 Å². The van der Waals surface area contributed by atoms with Crippen LogP contribution in [0.1, 0.15) is 30.9 Å². The van der Waals surface area contributed by atoms with Crippen LogP contribution in [0.2, 0.25) is 0 Å². The van der Waals surface area contributed by atoms with Gasteiger partial charge in [-0.1, -0.05) is 18.2 Å². The Morgan fingerprint density at radius 3 is 2.89 bits per heavy atom. The number of fused-ring (bicyclic) bond motifs is 4. The van der Waals surface area contributed by atoms with Gasteiger partial charge in [0.1, 0.15) is 0 Å². The Labute approximate surface area is 158 Å². The molecule has 6 heteroatoms. The van der Waals surface area contributed by atoms with Gasteiger partial charge in [-0.05, 0) is 48.8 Å². The molecule has 2 saturated heterocycles. The lowest BCUT2D eigenvalue weighted by Crippen LogP contribution is -2.50. The predicted octanol–water partition coefficient (Wildman–Crippen LogP) is 1.99. The number of ether oxygens (including phenoxy) is 2. The lowest BCUT2D eigenvalue weighted by Gasteiger charge is -2.38. The van der Waals surface area contributed by atoms with Crippen molar-refractivity contribution in [1.82, 2.24) is 15.8 Å². The van der Waals surface area contributed by atoms with Crippen molar-refractivity contribution in [1.29, 1.82) is 0 Å². The average molecular weight is 367 g/mol. The van der Waals surface area contributed by atoms with Crippen LogP contribution in [-0.2, 0) is 4.79 Å². The Morgan fingerprint density at radius 2 is 2.04 bits per heavy atom. The number of likely N-dealkylation sites (tertiary alicyclic amines) is 1. The molecule has 6 nitrogen and oxygen atoms in total. The van der Waals surface area contributed by atoms with Gasteiger partial charge in [-0.2, -0.15) is 0 Å². The molecule has 6 rings (SSSR count). The maximum atomic E-state index is 13.2. The quantitative estimate of drug-likeness (QED) is 0.783. The highest BCUT2D eigenvalue weighted by molar-refractivity contribution is 5.80. The van der Waals surface area contributed by atoms with Crippen LogP contribution in [0.3, 0.4) is 0 Å². The van der Waals surface area contributed by atoms with Crippen molar-refractivity contribution in [2.24, 2.45) is 23.7 Å². The molecule has 0 radical (unpaired) electrons. The van der Waals surface area contributed by atoms with Crippen LogP contribution in [0.4, 0.5) is 0 Å². The molecule has 0 aromatic heterocycles. The van der Waals surface area contributed by atoms with Gasteiger partial charge < -0.3 is 14.4 Å². The van der Waals surface area contributed by atoms with E-state index in [1.807, 2.05) is 6.07 Å². The highest BCUT2D eigenvalue weighted by Crippen LogP contribution is 2.45. The van der Waals surface area contributed by atoms with Crippen molar-refractivity contribution in [2.75, 3.05) is 19.9 Å². The van der Waals surface area contributed by atoms with Gasteiger partial charge in [-0.15, -0.1) is 0 Å². The van der Waals surface area contributed by atoms with E-state index in [-0.39, 0.29) is 12.0 Å². The molecule has 27 heavy (non-hydrogen) atoms. The van der Waals surface area contributed by atoms with Gasteiger partial charge in [0.05, 0.1) is 6.04 Å². The van der Waals surface area contributed by atoms with Crippen molar-refractivity contribution in [3.63, 3.8) is 0 Å². The van der Waals surface area contributed by atoms with Crippen LogP contribution < -0.4 is 20.3 Å². The zero-order chi connectivity index (χ0) is 18.0. The van der Waals surface area contributed by atoms with Gasteiger partial charge in [0.25, 0.3) is 0 Å². The van der Waals surface area contributed by atoms with Crippen molar-refractivity contribution in [3.8, 4) is 11.5 Å². The summed E-state index contributed by atoms with van der Waals surface area (Å²) in [7, 11) is 0. The third-order valence-corrected chi connectivity index (χ3v) is 7.17. The van der Waals surface area contributed by atoms with E-state index in [1.54, 1.807) is 0 Å². The van der Waals surface area contributed by atoms with Gasteiger partial charge in [0.2, 0.25) is 12.7 Å². The van der Waals surface area contributed by atoms with Crippen molar-refractivity contribution in [3.05, 3.63) is 35.9 Å². The minimum absolute atomic E-state index is 0.181. The molecule has 2 bridgehead atoms. The first-order chi connectivity index (χ1) is 13.3. The molecular formula is C21H25N3O3. The average Bonchev–Trinajstić information content (AvgIpc) is 3.49. The third-order valence-electron chi connectivity index (χ3n) is 7.17. The zero-order valence-corrected chi connectivity index (χ0v) is 15.3. The molecule has 3 fully saturated rings. The number of hydrazine groups is 1. The fourth-order valence-corrected chi connectivity index (χ4v) is 5.74. The largest absolute Gasteiger partial charge is 0.454 e. The summed E-state index contributed by atoms with van der Waals surface area (Å²) >= 11 is 0. The number of nitrogens with one attached hydrogen (secondary N) is 2. The Hall–Kier alpha value is -2.05. The highest BCUT2D eigenvalue weighted by atomic mass is 16.7. The highest BCUT2D eigenvalue weighted by Gasteiger charge is 2.46. The molecule has 3 aliphatic heterocycles. The Morgan fingerprint density at radius 1 is 1.11 bits per heavy atom. The molecular weight excluding hydrogens is 342 g/mol. The van der Waals surface area contributed by atoms with Gasteiger partial charge in [-0.3, -0.25) is 10.2 Å². The lowest BCUT2D eigenvalue weighted by atomic mass is 9.83. The monoisotopic (exact) mass is 367 g/mol. The second kappa shape index (κ2) is 5.97. The molecule has 3 heterocycles. The standard InChI is InChI=1S/C21H25N3O3/c25-21(15-8-12-1-2-13(15)7-12)24-6-5-17-16(10-24)20(23-22-17)14-3-4-18-19(9-14)27-11-26-18/h1-4,9,12-13,15-17,20,22-23H,5-8,10-11H2/t12-,13+,15+,16?,17?,20?/m0/s1. The van der Waals surface area contributed by atoms with Gasteiger partial charge in [0.15, 0.2) is 11.5 Å². The molecule has 1 aromatic rings. The zero-order valence-electron chi connectivity index (χ0n) is 15.3. The summed E-state index contributed by atoms with van der Waals surface area (Å²) in [6, 6.07) is 6.76. The van der Waals surface area contributed by atoms with Crippen LogP contribution in [0.5, 0.6) is 11.5 Å². The maximum absolute atomic E-state index is 13.2. The molecule has 1 aromatic carbocycles. The van der Waals surface area contributed by atoms with Crippen LogP contribution in [0, 0.1) is 23.7 Å². The number of rotatable bonds is 2. The molecule has 2 aliphatic carbocycles. The van der Waals surface area contributed by atoms with E-state index in [1.165, 1.54) is 12.0 Å². The summed E-state index contributed by atoms with van der Waals surface area (Å²) in [5, 5.41) is 0. The van der Waals surface area contributed by atoms with Crippen LogP contribution in [-0.4, -0.2) is 36.7 Å². The fourth-order valence-electron chi connectivity index (χ4n) is 5.74. The minimum atomic E-state index is 0.181. The molecule has 142 valence electrons. The second-order valence-electron chi connectivity index (χ2n) is 8.61. The summed E-state index contributed by atoms with van der Waals surface area (Å²) in [6.45, 7) is 1.97.